The summed E-state index contributed by atoms with van der Waals surface area (Å²) in [5, 5.41) is 0. The Balaban J connectivity index is 2.23. The molecular weight excluding hydrogens is 289 g/mol. The van der Waals surface area contributed by atoms with Gasteiger partial charge < -0.3 is 0 Å². The summed E-state index contributed by atoms with van der Waals surface area (Å²) in [5.74, 6) is -0.462. The highest BCUT2D eigenvalue weighted by atomic mass is 32.2. The highest BCUT2D eigenvalue weighted by Crippen LogP contribution is 2.19. The second-order valence-electron chi connectivity index (χ2n) is 5.14. The average Bonchev–Trinajstić information content (AvgIpc) is 2.41. The predicted octanol–water partition coefficient (Wildman–Crippen LogP) is 3.48. The van der Waals surface area contributed by atoms with Crippen molar-refractivity contribution in [1.29, 1.82) is 0 Å². The van der Waals surface area contributed by atoms with Gasteiger partial charge in [-0.15, -0.1) is 0 Å². The summed E-state index contributed by atoms with van der Waals surface area (Å²) in [6.07, 6.45) is 0. The quantitative estimate of drug-likeness (QED) is 0.940. The predicted molar refractivity (Wildman–Crippen MR) is 81.1 cm³/mol. The van der Waals surface area contributed by atoms with Crippen LogP contribution in [0.2, 0.25) is 0 Å². The van der Waals surface area contributed by atoms with Crippen LogP contribution < -0.4 is 4.72 Å². The monoisotopic (exact) mass is 307 g/mol. The lowest BCUT2D eigenvalue weighted by Crippen LogP contribution is -2.27. The number of hydrogen-bond acceptors (Lipinski definition) is 2. The fourth-order valence-corrected chi connectivity index (χ4v) is 3.25. The number of sulfonamides is 1. The van der Waals surface area contributed by atoms with Gasteiger partial charge in [-0.1, -0.05) is 18.2 Å². The molecule has 1 unspecified atom stereocenters. The first-order valence-electron chi connectivity index (χ1n) is 6.64. The summed E-state index contributed by atoms with van der Waals surface area (Å²) in [6.45, 7) is 5.78. The van der Waals surface area contributed by atoms with E-state index in [1.165, 1.54) is 12.1 Å². The van der Waals surface area contributed by atoms with Crippen LogP contribution in [0.5, 0.6) is 0 Å². The smallest absolute Gasteiger partial charge is 0.207 e. The van der Waals surface area contributed by atoms with Crippen molar-refractivity contribution >= 4 is 10.0 Å². The van der Waals surface area contributed by atoms with Crippen molar-refractivity contribution in [2.24, 2.45) is 0 Å². The van der Waals surface area contributed by atoms with Crippen LogP contribution in [-0.2, 0) is 10.0 Å². The molecule has 0 saturated carbocycles. The van der Waals surface area contributed by atoms with Crippen LogP contribution >= 0.6 is 0 Å². The van der Waals surface area contributed by atoms with Gasteiger partial charge in [-0.3, -0.25) is 0 Å². The average molecular weight is 307 g/mol. The van der Waals surface area contributed by atoms with Crippen molar-refractivity contribution in [3.8, 4) is 0 Å². The topological polar surface area (TPSA) is 46.2 Å². The third kappa shape index (κ3) is 3.68. The highest BCUT2D eigenvalue weighted by Gasteiger charge is 2.18. The molecule has 2 rings (SSSR count). The number of halogens is 1. The van der Waals surface area contributed by atoms with Crippen molar-refractivity contribution in [2.45, 2.75) is 31.7 Å². The summed E-state index contributed by atoms with van der Waals surface area (Å²) >= 11 is 0. The summed E-state index contributed by atoms with van der Waals surface area (Å²) in [7, 11) is -3.66. The van der Waals surface area contributed by atoms with E-state index in [1.54, 1.807) is 6.92 Å². The lowest BCUT2D eigenvalue weighted by atomic mass is 10.0. The Bertz CT molecular complexity index is 739. The van der Waals surface area contributed by atoms with Gasteiger partial charge in [0.2, 0.25) is 10.0 Å². The van der Waals surface area contributed by atoms with Crippen LogP contribution in [0.1, 0.15) is 29.7 Å². The summed E-state index contributed by atoms with van der Waals surface area (Å²) in [4.78, 5) is 0.0552. The molecule has 3 nitrogen and oxygen atoms in total. The number of aryl methyl sites for hydroxylation is 2. The molecule has 2 aromatic carbocycles. The normalized spacial score (nSPS) is 13.1. The van der Waals surface area contributed by atoms with E-state index in [-0.39, 0.29) is 10.9 Å². The molecule has 21 heavy (non-hydrogen) atoms. The molecule has 5 heteroatoms. The zero-order valence-electron chi connectivity index (χ0n) is 12.2. The fraction of sp³-hybridized carbons (Fsp3) is 0.250. The minimum Gasteiger partial charge on any atom is -0.207 e. The van der Waals surface area contributed by atoms with Gasteiger partial charge in [-0.2, -0.15) is 0 Å². The Labute approximate surface area is 124 Å². The molecule has 0 spiro atoms. The third-order valence-electron chi connectivity index (χ3n) is 3.49. The van der Waals surface area contributed by atoms with Crippen LogP contribution in [0.15, 0.2) is 47.4 Å². The summed E-state index contributed by atoms with van der Waals surface area (Å²) in [5.41, 5.74) is 3.16. The van der Waals surface area contributed by atoms with E-state index in [1.807, 2.05) is 32.0 Å². The minimum absolute atomic E-state index is 0.0552. The van der Waals surface area contributed by atoms with E-state index in [9.17, 15) is 12.8 Å². The zero-order valence-corrected chi connectivity index (χ0v) is 13.0. The van der Waals surface area contributed by atoms with Gasteiger partial charge in [0.1, 0.15) is 5.82 Å². The molecule has 0 aliphatic carbocycles. The molecule has 1 N–H and O–H groups in total. The Morgan fingerprint density at radius 3 is 2.19 bits per heavy atom. The van der Waals surface area contributed by atoms with E-state index in [0.29, 0.717) is 0 Å². The molecule has 0 heterocycles. The number of benzene rings is 2. The molecule has 112 valence electrons. The van der Waals surface area contributed by atoms with Gasteiger partial charge in [0, 0.05) is 6.04 Å². The molecule has 0 aliphatic rings. The van der Waals surface area contributed by atoms with Crippen molar-refractivity contribution < 1.29 is 12.8 Å². The Morgan fingerprint density at radius 2 is 1.62 bits per heavy atom. The first kappa shape index (κ1) is 15.7. The maximum Gasteiger partial charge on any atom is 0.241 e. The lowest BCUT2D eigenvalue weighted by molar-refractivity contribution is 0.566. The van der Waals surface area contributed by atoms with Crippen LogP contribution in [0.4, 0.5) is 4.39 Å². The standard InChI is InChI=1S/C16H18FNO2S/c1-11-4-5-14(10-12(11)2)13(3)18-21(19,20)16-8-6-15(17)7-9-16/h4-10,13,18H,1-3H3. The second kappa shape index (κ2) is 5.95. The SMILES string of the molecule is Cc1ccc(C(C)NS(=O)(=O)c2ccc(F)cc2)cc1C. The van der Waals surface area contributed by atoms with Crippen molar-refractivity contribution in [3.63, 3.8) is 0 Å². The van der Waals surface area contributed by atoms with E-state index < -0.39 is 15.8 Å². The number of nitrogens with one attached hydrogen (secondary N) is 1. The molecule has 0 radical (unpaired) electrons. The van der Waals surface area contributed by atoms with Crippen molar-refractivity contribution in [1.82, 2.24) is 4.72 Å². The molecule has 0 aliphatic heterocycles. The second-order valence-corrected chi connectivity index (χ2v) is 6.85. The zero-order chi connectivity index (χ0) is 15.6. The van der Waals surface area contributed by atoms with E-state index >= 15 is 0 Å². The summed E-state index contributed by atoms with van der Waals surface area (Å²) in [6, 6.07) is 10.3. The minimum atomic E-state index is -3.66. The Kier molecular flexibility index (Phi) is 4.44. The van der Waals surface area contributed by atoms with Gasteiger partial charge in [-0.05, 0) is 61.7 Å². The maximum atomic E-state index is 12.9. The van der Waals surface area contributed by atoms with Gasteiger partial charge in [-0.25, -0.2) is 17.5 Å². The molecule has 1 atom stereocenters. The van der Waals surface area contributed by atoms with Gasteiger partial charge in [0.25, 0.3) is 0 Å². The first-order chi connectivity index (χ1) is 9.79. The van der Waals surface area contributed by atoms with Crippen LogP contribution in [0, 0.1) is 19.7 Å². The summed E-state index contributed by atoms with van der Waals surface area (Å²) < 4.78 is 40.0. The number of hydrogen-bond donors (Lipinski definition) is 1. The van der Waals surface area contributed by atoms with E-state index in [2.05, 4.69) is 4.72 Å². The first-order valence-corrected chi connectivity index (χ1v) is 8.13. The van der Waals surface area contributed by atoms with Crippen molar-refractivity contribution in [3.05, 3.63) is 65.0 Å². The Morgan fingerprint density at radius 1 is 1.00 bits per heavy atom. The van der Waals surface area contributed by atoms with E-state index in [4.69, 9.17) is 0 Å². The van der Waals surface area contributed by atoms with E-state index in [0.717, 1.165) is 28.8 Å². The Hall–Kier alpha value is -1.72. The van der Waals surface area contributed by atoms with Crippen molar-refractivity contribution in [2.75, 3.05) is 0 Å². The molecule has 0 amide bonds. The van der Waals surface area contributed by atoms with Crippen LogP contribution in [0.25, 0.3) is 0 Å². The largest absolute Gasteiger partial charge is 0.241 e. The maximum absolute atomic E-state index is 12.9. The molecule has 0 bridgehead atoms. The number of rotatable bonds is 4. The third-order valence-corrected chi connectivity index (χ3v) is 5.04. The molecule has 0 saturated heterocycles. The lowest BCUT2D eigenvalue weighted by Gasteiger charge is -2.16. The van der Waals surface area contributed by atoms with Gasteiger partial charge >= 0.3 is 0 Å². The van der Waals surface area contributed by atoms with Gasteiger partial charge in [0.05, 0.1) is 4.90 Å². The molecule has 0 fully saturated rings. The van der Waals surface area contributed by atoms with Crippen LogP contribution in [-0.4, -0.2) is 8.42 Å². The molecule has 2 aromatic rings. The molecular formula is C16H18FNO2S. The van der Waals surface area contributed by atoms with Gasteiger partial charge in [0.15, 0.2) is 0 Å². The van der Waals surface area contributed by atoms with Crippen LogP contribution in [0.3, 0.4) is 0 Å². The fourth-order valence-electron chi connectivity index (χ4n) is 2.02. The molecule has 0 aromatic heterocycles. The highest BCUT2D eigenvalue weighted by molar-refractivity contribution is 7.89.